The van der Waals surface area contributed by atoms with E-state index in [1.165, 1.54) is 19.3 Å². The van der Waals surface area contributed by atoms with Crippen LogP contribution < -0.4 is 5.32 Å². The van der Waals surface area contributed by atoms with E-state index in [-0.39, 0.29) is 17.8 Å². The van der Waals surface area contributed by atoms with Crippen LogP contribution in [-0.2, 0) is 0 Å². The van der Waals surface area contributed by atoms with Gasteiger partial charge in [0.25, 0.3) is 11.7 Å². The predicted molar refractivity (Wildman–Crippen MR) is 62.2 cm³/mol. The number of amides is 1. The van der Waals surface area contributed by atoms with Crippen molar-refractivity contribution in [2.45, 2.75) is 45.6 Å². The molecule has 0 radical (unpaired) electrons. The molecule has 1 fully saturated rings. The van der Waals surface area contributed by atoms with Gasteiger partial charge < -0.3 is 5.32 Å². The highest BCUT2D eigenvalue weighted by Gasteiger charge is 2.29. The molecule has 0 spiro atoms. The van der Waals surface area contributed by atoms with Gasteiger partial charge in [0, 0.05) is 6.04 Å². The molecule has 94 valence electrons. The van der Waals surface area contributed by atoms with Gasteiger partial charge in [-0.25, -0.2) is 0 Å². The molecule has 0 bridgehead atoms. The van der Waals surface area contributed by atoms with Crippen molar-refractivity contribution in [3.63, 3.8) is 0 Å². The quantitative estimate of drug-likeness (QED) is 0.825. The Morgan fingerprint density at radius 2 is 2.18 bits per heavy atom. The minimum atomic E-state index is -0.226. The monoisotopic (exact) mass is 237 g/mol. The third-order valence-electron chi connectivity index (χ3n) is 3.54. The van der Waals surface area contributed by atoms with E-state index in [4.69, 9.17) is 0 Å². The molecule has 0 aromatic carbocycles. The molecule has 1 amide bonds. The van der Waals surface area contributed by atoms with E-state index in [0.717, 1.165) is 6.42 Å². The normalized spacial score (nSPS) is 24.9. The van der Waals surface area contributed by atoms with Gasteiger partial charge in [-0.15, -0.1) is 10.2 Å². The summed E-state index contributed by atoms with van der Waals surface area (Å²) >= 11 is 0. The second-order valence-corrected chi connectivity index (χ2v) is 5.01. The largest absolute Gasteiger partial charge is 0.346 e. The number of carbonyl (C=O) groups excluding carboxylic acids is 1. The summed E-state index contributed by atoms with van der Waals surface area (Å²) in [4.78, 5) is 11.8. The first-order valence-corrected chi connectivity index (χ1v) is 6.23. The number of aromatic nitrogens is 4. The molecule has 6 nitrogen and oxygen atoms in total. The van der Waals surface area contributed by atoms with Crippen LogP contribution in [0.2, 0.25) is 0 Å². The number of nitrogens with zero attached hydrogens (tertiary/aromatic N) is 3. The van der Waals surface area contributed by atoms with Crippen LogP contribution in [0.1, 0.15) is 50.1 Å². The van der Waals surface area contributed by atoms with Crippen LogP contribution in [0.15, 0.2) is 0 Å². The Morgan fingerprint density at radius 1 is 1.41 bits per heavy atom. The molecule has 1 aromatic rings. The molecule has 2 unspecified atom stereocenters. The summed E-state index contributed by atoms with van der Waals surface area (Å²) in [5.41, 5.74) is 0. The summed E-state index contributed by atoms with van der Waals surface area (Å²) < 4.78 is 0. The summed E-state index contributed by atoms with van der Waals surface area (Å²) in [5.74, 6) is 1.04. The number of H-pyrrole nitrogens is 1. The van der Waals surface area contributed by atoms with E-state index < -0.39 is 0 Å². The Morgan fingerprint density at radius 3 is 2.82 bits per heavy atom. The van der Waals surface area contributed by atoms with Crippen molar-refractivity contribution in [1.82, 2.24) is 25.9 Å². The molecule has 17 heavy (non-hydrogen) atoms. The van der Waals surface area contributed by atoms with Gasteiger partial charge in [0.15, 0.2) is 0 Å². The first kappa shape index (κ1) is 12.0. The Labute approximate surface area is 101 Å². The summed E-state index contributed by atoms with van der Waals surface area (Å²) in [6, 6.07) is 0.245. The minimum absolute atomic E-state index is 0.123. The Bertz CT molecular complexity index is 362. The van der Waals surface area contributed by atoms with Gasteiger partial charge in [0.05, 0.1) is 0 Å². The molecule has 2 atom stereocenters. The van der Waals surface area contributed by atoms with Crippen molar-refractivity contribution < 1.29 is 4.79 Å². The lowest BCUT2D eigenvalue weighted by atomic mass is 9.78. The van der Waals surface area contributed by atoms with Crippen LogP contribution in [0.4, 0.5) is 0 Å². The lowest BCUT2D eigenvalue weighted by Crippen LogP contribution is -2.44. The van der Waals surface area contributed by atoms with Gasteiger partial charge in [0.1, 0.15) is 0 Å². The minimum Gasteiger partial charge on any atom is -0.346 e. The highest BCUT2D eigenvalue weighted by molar-refractivity contribution is 5.90. The van der Waals surface area contributed by atoms with Crippen LogP contribution in [0.25, 0.3) is 0 Å². The fourth-order valence-corrected chi connectivity index (χ4v) is 2.63. The molecule has 1 saturated carbocycles. The number of carbonyl (C=O) groups is 1. The van der Waals surface area contributed by atoms with Gasteiger partial charge in [-0.2, -0.15) is 5.21 Å². The molecule has 1 aliphatic carbocycles. The van der Waals surface area contributed by atoms with Crippen molar-refractivity contribution in [3.8, 4) is 0 Å². The zero-order valence-electron chi connectivity index (χ0n) is 10.3. The zero-order chi connectivity index (χ0) is 12.3. The van der Waals surface area contributed by atoms with E-state index in [9.17, 15) is 4.79 Å². The lowest BCUT2D eigenvalue weighted by Gasteiger charge is -2.34. The second kappa shape index (κ2) is 5.25. The number of hydrogen-bond donors (Lipinski definition) is 2. The van der Waals surface area contributed by atoms with Crippen LogP contribution >= 0.6 is 0 Å². The van der Waals surface area contributed by atoms with Crippen molar-refractivity contribution in [3.05, 3.63) is 5.82 Å². The average Bonchev–Trinajstić information content (AvgIpc) is 2.83. The molecule has 1 aliphatic rings. The summed E-state index contributed by atoms with van der Waals surface area (Å²) in [7, 11) is 0. The molecule has 6 heteroatoms. The first-order valence-electron chi connectivity index (χ1n) is 6.23. The molecule has 2 rings (SSSR count). The Hall–Kier alpha value is -1.46. The van der Waals surface area contributed by atoms with Crippen LogP contribution in [0.5, 0.6) is 0 Å². The van der Waals surface area contributed by atoms with Crippen LogP contribution in [-0.4, -0.2) is 32.6 Å². The standard InChI is InChI=1S/C11H19N5O/c1-7(2)8-5-3-4-6-9(8)12-11(17)10-13-15-16-14-10/h7-9H,3-6H2,1-2H3,(H,12,17)(H,13,14,15,16). The van der Waals surface area contributed by atoms with Crippen LogP contribution in [0, 0.1) is 11.8 Å². The maximum Gasteiger partial charge on any atom is 0.293 e. The van der Waals surface area contributed by atoms with Crippen molar-refractivity contribution >= 4 is 5.91 Å². The fourth-order valence-electron chi connectivity index (χ4n) is 2.63. The van der Waals surface area contributed by atoms with E-state index in [0.29, 0.717) is 11.8 Å². The van der Waals surface area contributed by atoms with E-state index in [1.807, 2.05) is 0 Å². The molecule has 1 aromatic heterocycles. The van der Waals surface area contributed by atoms with Gasteiger partial charge >= 0.3 is 0 Å². The Balaban J connectivity index is 1.98. The second-order valence-electron chi connectivity index (χ2n) is 5.01. The predicted octanol–water partition coefficient (Wildman–Crippen LogP) is 1.14. The van der Waals surface area contributed by atoms with Gasteiger partial charge in [0.2, 0.25) is 0 Å². The number of rotatable bonds is 3. The fraction of sp³-hybridized carbons (Fsp3) is 0.818. The number of nitrogens with one attached hydrogen (secondary N) is 2. The molecular weight excluding hydrogens is 218 g/mol. The van der Waals surface area contributed by atoms with E-state index >= 15 is 0 Å². The molecular formula is C11H19N5O. The average molecular weight is 237 g/mol. The molecule has 2 N–H and O–H groups in total. The zero-order valence-corrected chi connectivity index (χ0v) is 10.3. The summed E-state index contributed by atoms with van der Waals surface area (Å²) in [6.45, 7) is 4.42. The van der Waals surface area contributed by atoms with E-state index in [2.05, 4.69) is 39.8 Å². The molecule has 0 aliphatic heterocycles. The van der Waals surface area contributed by atoms with Gasteiger partial charge in [-0.1, -0.05) is 26.7 Å². The maximum atomic E-state index is 11.8. The summed E-state index contributed by atoms with van der Waals surface area (Å²) in [6.07, 6.45) is 4.68. The van der Waals surface area contributed by atoms with Crippen LogP contribution in [0.3, 0.4) is 0 Å². The lowest BCUT2D eigenvalue weighted by molar-refractivity contribution is 0.0878. The molecule has 1 heterocycles. The van der Waals surface area contributed by atoms with Crippen molar-refractivity contribution in [2.75, 3.05) is 0 Å². The highest BCUT2D eigenvalue weighted by atomic mass is 16.2. The maximum absolute atomic E-state index is 11.8. The van der Waals surface area contributed by atoms with Gasteiger partial charge in [-0.05, 0) is 29.9 Å². The smallest absolute Gasteiger partial charge is 0.293 e. The van der Waals surface area contributed by atoms with E-state index in [1.54, 1.807) is 0 Å². The highest BCUT2D eigenvalue weighted by Crippen LogP contribution is 2.30. The first-order chi connectivity index (χ1) is 8.18. The Kier molecular flexibility index (Phi) is 3.71. The van der Waals surface area contributed by atoms with Crippen molar-refractivity contribution in [1.29, 1.82) is 0 Å². The number of hydrogen-bond acceptors (Lipinski definition) is 4. The topological polar surface area (TPSA) is 83.6 Å². The SMILES string of the molecule is CC(C)C1CCCCC1NC(=O)c1nn[nH]n1. The third-order valence-corrected chi connectivity index (χ3v) is 3.54. The molecule has 0 saturated heterocycles. The third kappa shape index (κ3) is 2.81. The van der Waals surface area contributed by atoms with Crippen molar-refractivity contribution in [2.24, 2.45) is 11.8 Å². The number of aromatic amines is 1. The summed E-state index contributed by atoms with van der Waals surface area (Å²) in [5, 5.41) is 16.1. The van der Waals surface area contributed by atoms with Gasteiger partial charge in [-0.3, -0.25) is 4.79 Å². The number of tetrazole rings is 1.